The van der Waals surface area contributed by atoms with E-state index >= 15 is 0 Å². The number of esters is 1. The van der Waals surface area contributed by atoms with Crippen LogP contribution in [0.25, 0.3) is 10.1 Å². The van der Waals surface area contributed by atoms with Gasteiger partial charge in [0, 0.05) is 28.2 Å². The zero-order valence-corrected chi connectivity index (χ0v) is 13.7. The summed E-state index contributed by atoms with van der Waals surface area (Å²) in [5.74, 6) is -0.270. The molecule has 4 rings (SSSR count). The van der Waals surface area contributed by atoms with Gasteiger partial charge in [0.2, 0.25) is 0 Å². The quantitative estimate of drug-likeness (QED) is 0.734. The first kappa shape index (κ1) is 14.3. The van der Waals surface area contributed by atoms with Crippen LogP contribution >= 0.6 is 34.5 Å². The molecule has 2 aliphatic rings. The van der Waals surface area contributed by atoms with Gasteiger partial charge in [-0.25, -0.2) is 0 Å². The molecule has 1 spiro atoms. The number of hydrogen-bond acceptors (Lipinski definition) is 4. The van der Waals surface area contributed by atoms with Gasteiger partial charge in [0.15, 0.2) is 0 Å². The predicted molar refractivity (Wildman–Crippen MR) is 85.8 cm³/mol. The van der Waals surface area contributed by atoms with Gasteiger partial charge in [0.25, 0.3) is 5.91 Å². The summed E-state index contributed by atoms with van der Waals surface area (Å²) in [5.41, 5.74) is -0.181. The van der Waals surface area contributed by atoms with E-state index in [0.29, 0.717) is 41.0 Å². The Labute approximate surface area is 140 Å². The number of benzene rings is 1. The van der Waals surface area contributed by atoms with Crippen LogP contribution in [0.2, 0.25) is 10.0 Å². The molecule has 0 aliphatic carbocycles. The minimum Gasteiger partial charge on any atom is -0.465 e. The summed E-state index contributed by atoms with van der Waals surface area (Å²) in [6.07, 6.45) is 0.395. The number of likely N-dealkylation sites (tertiary alicyclic amines) is 1. The Morgan fingerprint density at radius 2 is 2.09 bits per heavy atom. The van der Waals surface area contributed by atoms with Gasteiger partial charge in [-0.15, -0.1) is 11.3 Å². The fraction of sp³-hybridized carbons (Fsp3) is 0.333. The zero-order chi connectivity index (χ0) is 15.5. The standard InChI is InChI=1S/C15H11Cl2NO3S/c16-8-1-2-9-10(3-8)22-13(12(9)17)14(20)18-5-15(6-18)4-11(19)21-7-15/h1-3H,4-7H2. The van der Waals surface area contributed by atoms with Gasteiger partial charge in [0.1, 0.15) is 11.5 Å². The smallest absolute Gasteiger partial charge is 0.306 e. The molecule has 0 atom stereocenters. The molecule has 0 bridgehead atoms. The Kier molecular flexibility index (Phi) is 3.15. The molecule has 0 N–H and O–H groups in total. The Bertz CT molecular complexity index is 810. The molecule has 4 nitrogen and oxygen atoms in total. The Morgan fingerprint density at radius 1 is 1.32 bits per heavy atom. The van der Waals surface area contributed by atoms with Crippen molar-refractivity contribution in [2.45, 2.75) is 6.42 Å². The monoisotopic (exact) mass is 355 g/mol. The molecular formula is C15H11Cl2NO3S. The normalized spacial score (nSPS) is 19.5. The van der Waals surface area contributed by atoms with Crippen LogP contribution in [0.1, 0.15) is 16.1 Å². The number of nitrogens with zero attached hydrogens (tertiary/aromatic N) is 1. The lowest BCUT2D eigenvalue weighted by atomic mass is 9.79. The number of thiophene rings is 1. The van der Waals surface area contributed by atoms with Gasteiger partial charge in [-0.05, 0) is 12.1 Å². The Balaban J connectivity index is 1.59. The van der Waals surface area contributed by atoms with Crippen molar-refractivity contribution in [1.29, 1.82) is 0 Å². The first-order chi connectivity index (χ1) is 10.5. The van der Waals surface area contributed by atoms with E-state index in [-0.39, 0.29) is 17.3 Å². The van der Waals surface area contributed by atoms with Crippen molar-refractivity contribution in [3.63, 3.8) is 0 Å². The van der Waals surface area contributed by atoms with Gasteiger partial charge >= 0.3 is 5.97 Å². The fourth-order valence-electron chi connectivity index (χ4n) is 3.07. The minimum atomic E-state index is -0.181. The molecule has 1 amide bonds. The summed E-state index contributed by atoms with van der Waals surface area (Å²) in [7, 11) is 0. The summed E-state index contributed by atoms with van der Waals surface area (Å²) in [6, 6.07) is 5.40. The number of ether oxygens (including phenoxy) is 1. The Hall–Kier alpha value is -1.30. The summed E-state index contributed by atoms with van der Waals surface area (Å²) in [4.78, 5) is 26.1. The molecule has 0 saturated carbocycles. The average molecular weight is 356 g/mol. The molecule has 2 aromatic rings. The number of hydrogen-bond donors (Lipinski definition) is 0. The first-order valence-corrected chi connectivity index (χ1v) is 8.37. The van der Waals surface area contributed by atoms with Crippen molar-refractivity contribution >= 4 is 56.5 Å². The van der Waals surface area contributed by atoms with Gasteiger partial charge in [0.05, 0.1) is 16.9 Å². The maximum absolute atomic E-state index is 12.6. The van der Waals surface area contributed by atoms with Crippen molar-refractivity contribution in [3.8, 4) is 0 Å². The lowest BCUT2D eigenvalue weighted by Gasteiger charge is -2.45. The van der Waals surface area contributed by atoms with Crippen molar-refractivity contribution in [1.82, 2.24) is 4.90 Å². The number of carbonyl (C=O) groups is 2. The van der Waals surface area contributed by atoms with E-state index in [1.54, 1.807) is 11.0 Å². The third-order valence-corrected chi connectivity index (χ3v) is 6.06. The second-order valence-corrected chi connectivity index (χ2v) is 7.75. The SMILES string of the molecule is O=C1CC2(CO1)CN(C(=O)c1sc3cc(Cl)ccc3c1Cl)C2. The lowest BCUT2D eigenvalue weighted by molar-refractivity contribution is -0.137. The van der Waals surface area contributed by atoms with Crippen LogP contribution in [0.5, 0.6) is 0 Å². The van der Waals surface area contributed by atoms with Crippen molar-refractivity contribution in [3.05, 3.63) is 33.1 Å². The summed E-state index contributed by atoms with van der Waals surface area (Å²) < 4.78 is 5.91. The lowest BCUT2D eigenvalue weighted by Crippen LogP contribution is -2.58. The molecule has 2 aliphatic heterocycles. The van der Waals surface area contributed by atoms with Crippen LogP contribution in [0, 0.1) is 5.41 Å². The van der Waals surface area contributed by atoms with Crippen LogP contribution in [-0.2, 0) is 9.53 Å². The first-order valence-electron chi connectivity index (χ1n) is 6.80. The summed E-state index contributed by atoms with van der Waals surface area (Å²) >= 11 is 13.7. The molecule has 2 saturated heterocycles. The molecule has 1 aromatic heterocycles. The predicted octanol–water partition coefficient (Wildman–Crippen LogP) is 3.60. The van der Waals surface area contributed by atoms with E-state index in [9.17, 15) is 9.59 Å². The van der Waals surface area contributed by atoms with Gasteiger partial charge in [-0.3, -0.25) is 9.59 Å². The van der Waals surface area contributed by atoms with Crippen LogP contribution < -0.4 is 0 Å². The molecule has 22 heavy (non-hydrogen) atoms. The number of amides is 1. The van der Waals surface area contributed by atoms with E-state index in [4.69, 9.17) is 27.9 Å². The molecule has 0 unspecified atom stereocenters. The molecule has 2 fully saturated rings. The van der Waals surface area contributed by atoms with E-state index < -0.39 is 0 Å². The molecular weight excluding hydrogens is 345 g/mol. The second kappa shape index (κ2) is 4.85. The number of carbonyl (C=O) groups excluding carboxylic acids is 2. The third-order valence-electron chi connectivity index (χ3n) is 4.18. The van der Waals surface area contributed by atoms with Crippen molar-refractivity contribution < 1.29 is 14.3 Å². The summed E-state index contributed by atoms with van der Waals surface area (Å²) in [6.45, 7) is 1.50. The highest BCUT2D eigenvalue weighted by molar-refractivity contribution is 7.21. The van der Waals surface area contributed by atoms with Crippen molar-refractivity contribution in [2.24, 2.45) is 5.41 Å². The van der Waals surface area contributed by atoms with E-state index in [1.165, 1.54) is 11.3 Å². The van der Waals surface area contributed by atoms with E-state index in [1.807, 2.05) is 12.1 Å². The summed E-state index contributed by atoms with van der Waals surface area (Å²) in [5, 5.41) is 1.93. The van der Waals surface area contributed by atoms with Crippen molar-refractivity contribution in [2.75, 3.05) is 19.7 Å². The topological polar surface area (TPSA) is 46.6 Å². The highest BCUT2D eigenvalue weighted by Crippen LogP contribution is 2.42. The third kappa shape index (κ3) is 2.11. The maximum Gasteiger partial charge on any atom is 0.306 e. The average Bonchev–Trinajstić information content (AvgIpc) is 2.98. The second-order valence-electron chi connectivity index (χ2n) is 5.88. The molecule has 0 radical (unpaired) electrons. The number of fused-ring (bicyclic) bond motifs is 1. The highest BCUT2D eigenvalue weighted by Gasteiger charge is 2.51. The molecule has 7 heteroatoms. The van der Waals surface area contributed by atoms with E-state index in [0.717, 1.165) is 10.1 Å². The highest BCUT2D eigenvalue weighted by atomic mass is 35.5. The maximum atomic E-state index is 12.6. The largest absolute Gasteiger partial charge is 0.465 e. The van der Waals surface area contributed by atoms with Crippen LogP contribution in [0.3, 0.4) is 0 Å². The van der Waals surface area contributed by atoms with Gasteiger partial charge in [-0.1, -0.05) is 29.3 Å². The number of cyclic esters (lactones) is 1. The van der Waals surface area contributed by atoms with Crippen LogP contribution in [-0.4, -0.2) is 36.5 Å². The Morgan fingerprint density at radius 3 is 2.77 bits per heavy atom. The van der Waals surface area contributed by atoms with Gasteiger partial charge < -0.3 is 9.64 Å². The molecule has 1 aromatic carbocycles. The minimum absolute atomic E-state index is 0.0905. The van der Waals surface area contributed by atoms with Crippen LogP contribution in [0.15, 0.2) is 18.2 Å². The number of halogens is 2. The molecule has 3 heterocycles. The van der Waals surface area contributed by atoms with Crippen LogP contribution in [0.4, 0.5) is 0 Å². The fourth-order valence-corrected chi connectivity index (χ4v) is 4.83. The molecule has 114 valence electrons. The zero-order valence-electron chi connectivity index (χ0n) is 11.4. The van der Waals surface area contributed by atoms with Gasteiger partial charge in [-0.2, -0.15) is 0 Å². The number of rotatable bonds is 1. The van der Waals surface area contributed by atoms with E-state index in [2.05, 4.69) is 0 Å².